The van der Waals surface area contributed by atoms with Crippen LogP contribution in [0.2, 0.25) is 10.0 Å². The molecule has 2 aromatic carbocycles. The van der Waals surface area contributed by atoms with E-state index in [1.165, 1.54) is 27.4 Å². The van der Waals surface area contributed by atoms with Gasteiger partial charge < -0.3 is 38.2 Å². The molecular formula is C31H40Cl2N2O8. The molecule has 236 valence electrons. The minimum atomic E-state index is -0.480. The number of methoxy groups -OCH3 is 3. The number of esters is 2. The third-order valence-electron chi connectivity index (χ3n) is 7.63. The summed E-state index contributed by atoms with van der Waals surface area (Å²) in [6.45, 7) is 6.02. The SMILES string of the molecule is COc1cc(C(=O)O[C@@H]2CCCOc3cc(cc(Cl)c3Cl)C(=O)OCCCN3CCCN(CC2)CC3)cc(OC)c1OC. The van der Waals surface area contributed by atoms with Gasteiger partial charge >= 0.3 is 11.9 Å². The summed E-state index contributed by atoms with van der Waals surface area (Å²) in [6.07, 6.45) is 3.20. The van der Waals surface area contributed by atoms with Crippen molar-refractivity contribution in [2.75, 3.05) is 73.8 Å². The summed E-state index contributed by atoms with van der Waals surface area (Å²) in [6, 6.07) is 6.21. The highest BCUT2D eigenvalue weighted by Gasteiger charge is 2.23. The number of benzene rings is 2. The Morgan fingerprint density at radius 3 is 2.12 bits per heavy atom. The lowest BCUT2D eigenvalue weighted by Crippen LogP contribution is -2.34. The van der Waals surface area contributed by atoms with Gasteiger partial charge in [0.05, 0.1) is 50.7 Å². The third kappa shape index (κ3) is 9.04. The van der Waals surface area contributed by atoms with Crippen LogP contribution in [0.15, 0.2) is 24.3 Å². The summed E-state index contributed by atoms with van der Waals surface area (Å²) in [5.41, 5.74) is 0.585. The van der Waals surface area contributed by atoms with Gasteiger partial charge in [0.15, 0.2) is 11.5 Å². The number of nitrogens with zero attached hydrogens (tertiary/aromatic N) is 2. The lowest BCUT2D eigenvalue weighted by atomic mass is 10.1. The molecule has 2 aromatic rings. The van der Waals surface area contributed by atoms with Gasteiger partial charge in [0.2, 0.25) is 5.75 Å². The van der Waals surface area contributed by atoms with Gasteiger partial charge in [-0.2, -0.15) is 0 Å². The summed E-state index contributed by atoms with van der Waals surface area (Å²) in [5.74, 6) is 0.499. The fourth-order valence-corrected chi connectivity index (χ4v) is 5.67. The molecule has 2 unspecified atom stereocenters. The van der Waals surface area contributed by atoms with Crippen molar-refractivity contribution in [3.05, 3.63) is 45.4 Å². The fraction of sp³-hybridized carbons (Fsp3) is 0.548. The average Bonchev–Trinajstić information content (AvgIpc) is 3.25. The molecule has 4 rings (SSSR count). The van der Waals surface area contributed by atoms with Gasteiger partial charge in [0.25, 0.3) is 0 Å². The van der Waals surface area contributed by atoms with E-state index in [1.807, 2.05) is 0 Å². The van der Waals surface area contributed by atoms with Crippen molar-refractivity contribution in [3.63, 3.8) is 0 Å². The van der Waals surface area contributed by atoms with E-state index < -0.39 is 11.9 Å². The Bertz CT molecular complexity index is 1240. The van der Waals surface area contributed by atoms with Crippen molar-refractivity contribution in [3.8, 4) is 23.0 Å². The van der Waals surface area contributed by atoms with E-state index in [0.29, 0.717) is 54.4 Å². The first-order chi connectivity index (χ1) is 20.8. The molecule has 0 amide bonds. The number of cyclic esters (lactones) is 1. The molecule has 12 heteroatoms. The summed E-state index contributed by atoms with van der Waals surface area (Å²) in [7, 11) is 4.51. The zero-order valence-corrected chi connectivity index (χ0v) is 26.5. The predicted molar refractivity (Wildman–Crippen MR) is 164 cm³/mol. The largest absolute Gasteiger partial charge is 0.493 e. The number of carbonyl (C=O) groups is 2. The third-order valence-corrected chi connectivity index (χ3v) is 8.42. The van der Waals surface area contributed by atoms with Gasteiger partial charge in [0.1, 0.15) is 16.9 Å². The predicted octanol–water partition coefficient (Wildman–Crippen LogP) is 5.36. The Kier molecular flexibility index (Phi) is 12.5. The standard InChI is InChI=1S/C31H40Cl2N2O8/c1-38-26-19-22(20-27(39-2)29(26)40-3)31(37)43-23-7-4-15-41-25-18-21(17-24(32)28(25)33)30(36)42-16-6-11-34-9-5-10-35(12-8-23)14-13-34/h17-20,23H,4-16H2,1-3H3/t23-/m1/s1. The fourth-order valence-electron chi connectivity index (χ4n) is 5.29. The summed E-state index contributed by atoms with van der Waals surface area (Å²) < 4.78 is 33.7. The van der Waals surface area contributed by atoms with Gasteiger partial charge in [-0.05, 0) is 69.5 Å². The maximum Gasteiger partial charge on any atom is 0.338 e. The molecule has 43 heavy (non-hydrogen) atoms. The van der Waals surface area contributed by atoms with Gasteiger partial charge in [-0.3, -0.25) is 0 Å². The average molecular weight is 640 g/mol. The van der Waals surface area contributed by atoms with Gasteiger partial charge in [-0.25, -0.2) is 9.59 Å². The number of ether oxygens (including phenoxy) is 6. The second kappa shape index (κ2) is 16.2. The Morgan fingerprint density at radius 2 is 1.44 bits per heavy atom. The van der Waals surface area contributed by atoms with Crippen LogP contribution < -0.4 is 18.9 Å². The number of hydrogen-bond donors (Lipinski definition) is 0. The van der Waals surface area contributed by atoms with Crippen LogP contribution in [0.4, 0.5) is 0 Å². The normalized spacial score (nSPS) is 22.1. The van der Waals surface area contributed by atoms with Crippen molar-refractivity contribution in [2.45, 2.75) is 38.2 Å². The first-order valence-corrected chi connectivity index (χ1v) is 15.3. The summed E-state index contributed by atoms with van der Waals surface area (Å²) >= 11 is 12.7. The van der Waals surface area contributed by atoms with Crippen LogP contribution in [0.3, 0.4) is 0 Å². The molecule has 2 aliphatic rings. The van der Waals surface area contributed by atoms with Crippen LogP contribution in [0.5, 0.6) is 23.0 Å². The Hall–Kier alpha value is -2.92. The number of hydrogen-bond acceptors (Lipinski definition) is 10. The Morgan fingerprint density at radius 1 is 0.791 bits per heavy atom. The molecule has 0 aromatic heterocycles. The van der Waals surface area contributed by atoms with Crippen molar-refractivity contribution < 1.29 is 38.0 Å². The first kappa shape index (κ1) is 33.0. The molecule has 0 aliphatic carbocycles. The van der Waals surface area contributed by atoms with E-state index in [9.17, 15) is 9.59 Å². The van der Waals surface area contributed by atoms with E-state index in [1.54, 1.807) is 18.2 Å². The van der Waals surface area contributed by atoms with E-state index in [2.05, 4.69) is 9.80 Å². The second-order valence-corrected chi connectivity index (χ2v) is 11.3. The van der Waals surface area contributed by atoms with E-state index in [0.717, 1.165) is 52.1 Å². The molecule has 0 saturated carbocycles. The maximum absolute atomic E-state index is 13.4. The molecule has 0 N–H and O–H groups in total. The number of halogens is 2. The van der Waals surface area contributed by atoms with Crippen molar-refractivity contribution in [1.29, 1.82) is 0 Å². The topological polar surface area (TPSA) is 96.0 Å². The number of rotatable bonds is 5. The summed E-state index contributed by atoms with van der Waals surface area (Å²) in [5, 5.41) is 0.436. The summed E-state index contributed by atoms with van der Waals surface area (Å²) in [4.78, 5) is 30.9. The Balaban J connectivity index is 1.52. The zero-order valence-electron chi connectivity index (χ0n) is 25.0. The maximum atomic E-state index is 13.4. The number of carbonyl (C=O) groups excluding carboxylic acids is 2. The molecule has 0 radical (unpaired) electrons. The molecule has 1 saturated heterocycles. The smallest absolute Gasteiger partial charge is 0.338 e. The minimum Gasteiger partial charge on any atom is -0.493 e. The first-order valence-electron chi connectivity index (χ1n) is 14.6. The van der Waals surface area contributed by atoms with Crippen molar-refractivity contribution >= 4 is 35.1 Å². The van der Waals surface area contributed by atoms with E-state index in [4.69, 9.17) is 51.6 Å². The van der Waals surface area contributed by atoms with Crippen molar-refractivity contribution in [1.82, 2.24) is 9.80 Å². The quantitative estimate of drug-likeness (QED) is 0.398. The van der Waals surface area contributed by atoms with Crippen LogP contribution in [-0.4, -0.2) is 102 Å². The highest BCUT2D eigenvalue weighted by molar-refractivity contribution is 6.43. The zero-order chi connectivity index (χ0) is 30.8. The van der Waals surface area contributed by atoms with Gasteiger partial charge in [-0.1, -0.05) is 23.2 Å². The second-order valence-electron chi connectivity index (χ2n) is 10.5. The molecular weight excluding hydrogens is 599 g/mol. The Labute approximate surface area is 263 Å². The minimum absolute atomic E-state index is 0.211. The molecule has 2 heterocycles. The van der Waals surface area contributed by atoms with Crippen LogP contribution in [-0.2, 0) is 9.47 Å². The highest BCUT2D eigenvalue weighted by Crippen LogP contribution is 2.38. The highest BCUT2D eigenvalue weighted by atomic mass is 35.5. The van der Waals surface area contributed by atoms with Gasteiger partial charge in [-0.15, -0.1) is 0 Å². The van der Waals surface area contributed by atoms with Crippen LogP contribution in [0.25, 0.3) is 0 Å². The van der Waals surface area contributed by atoms with Crippen LogP contribution >= 0.6 is 23.2 Å². The van der Waals surface area contributed by atoms with Crippen molar-refractivity contribution in [2.24, 2.45) is 0 Å². The molecule has 0 spiro atoms. The molecule has 1 fully saturated rings. The van der Waals surface area contributed by atoms with E-state index in [-0.39, 0.29) is 28.3 Å². The van der Waals surface area contributed by atoms with Gasteiger partial charge in [0, 0.05) is 26.2 Å². The lowest BCUT2D eigenvalue weighted by molar-refractivity contribution is 0.0221. The molecule has 10 nitrogen and oxygen atoms in total. The van der Waals surface area contributed by atoms with Crippen LogP contribution in [0, 0.1) is 0 Å². The molecule has 3 atom stereocenters. The number of fused-ring (bicyclic) bond motifs is 5. The molecule has 2 aliphatic heterocycles. The van der Waals surface area contributed by atoms with E-state index >= 15 is 0 Å². The van der Waals surface area contributed by atoms with Crippen LogP contribution in [0.1, 0.15) is 52.8 Å². The monoisotopic (exact) mass is 638 g/mol. The molecule has 4 bridgehead atoms. The lowest BCUT2D eigenvalue weighted by Gasteiger charge is -2.25.